The molecule has 2 aromatic rings. The fraction of sp³-hybridized carbons (Fsp3) is 0.375. The lowest BCUT2D eigenvalue weighted by Gasteiger charge is -2.10. The average Bonchev–Trinajstić information content (AvgIpc) is 3.24. The maximum absolute atomic E-state index is 12.4. The zero-order chi connectivity index (χ0) is 15.9. The summed E-state index contributed by atoms with van der Waals surface area (Å²) in [4.78, 5) is 24.1. The van der Waals surface area contributed by atoms with Gasteiger partial charge in [-0.15, -0.1) is 11.3 Å². The van der Waals surface area contributed by atoms with Crippen LogP contribution >= 0.6 is 11.3 Å². The SMILES string of the molecule is COc1ccc2sc(C(=O)NCC3(C(=O)O)CC3)c(C)c2c1. The molecule has 0 unspecified atom stereocenters. The standard InChI is InChI=1S/C16H17NO4S/c1-9-11-7-10(21-2)3-4-12(11)22-13(9)14(18)17-8-16(5-6-16)15(19)20/h3-4,7H,5-6,8H2,1-2H3,(H,17,18)(H,19,20). The Labute approximate surface area is 131 Å². The molecule has 22 heavy (non-hydrogen) atoms. The number of rotatable bonds is 5. The van der Waals surface area contributed by atoms with Crippen LogP contribution < -0.4 is 10.1 Å². The van der Waals surface area contributed by atoms with Gasteiger partial charge in [-0.1, -0.05) is 0 Å². The summed E-state index contributed by atoms with van der Waals surface area (Å²) in [7, 11) is 1.61. The van der Waals surface area contributed by atoms with E-state index in [1.165, 1.54) is 11.3 Å². The predicted octanol–water partition coefficient (Wildman–Crippen LogP) is 2.81. The Bertz CT molecular complexity index is 761. The monoisotopic (exact) mass is 319 g/mol. The maximum Gasteiger partial charge on any atom is 0.311 e. The van der Waals surface area contributed by atoms with Gasteiger partial charge in [0.15, 0.2) is 0 Å². The van der Waals surface area contributed by atoms with E-state index in [9.17, 15) is 9.59 Å². The first-order chi connectivity index (χ1) is 10.5. The largest absolute Gasteiger partial charge is 0.497 e. The number of hydrogen-bond acceptors (Lipinski definition) is 4. The fourth-order valence-electron chi connectivity index (χ4n) is 2.49. The van der Waals surface area contributed by atoms with Gasteiger partial charge in [0.1, 0.15) is 5.75 Å². The summed E-state index contributed by atoms with van der Waals surface area (Å²) in [6, 6.07) is 5.71. The van der Waals surface area contributed by atoms with Gasteiger partial charge in [0.05, 0.1) is 17.4 Å². The van der Waals surface area contributed by atoms with Crippen LogP contribution in [0.2, 0.25) is 0 Å². The van der Waals surface area contributed by atoms with Gasteiger partial charge in [-0.3, -0.25) is 9.59 Å². The van der Waals surface area contributed by atoms with E-state index in [0.717, 1.165) is 21.4 Å². The summed E-state index contributed by atoms with van der Waals surface area (Å²) in [5.74, 6) is -0.279. The number of carbonyl (C=O) groups is 2. The number of hydrogen-bond donors (Lipinski definition) is 2. The summed E-state index contributed by atoms with van der Waals surface area (Å²) >= 11 is 1.42. The maximum atomic E-state index is 12.4. The van der Waals surface area contributed by atoms with Crippen molar-refractivity contribution in [1.82, 2.24) is 5.32 Å². The Balaban J connectivity index is 1.82. The number of benzene rings is 1. The van der Waals surface area contributed by atoms with Crippen molar-refractivity contribution in [3.8, 4) is 5.75 Å². The van der Waals surface area contributed by atoms with Crippen LogP contribution in [0, 0.1) is 12.3 Å². The topological polar surface area (TPSA) is 75.6 Å². The van der Waals surface area contributed by atoms with Crippen LogP contribution in [-0.4, -0.2) is 30.6 Å². The van der Waals surface area contributed by atoms with E-state index in [-0.39, 0.29) is 12.5 Å². The molecule has 0 aliphatic heterocycles. The minimum atomic E-state index is -0.828. The predicted molar refractivity (Wildman–Crippen MR) is 84.8 cm³/mol. The van der Waals surface area contributed by atoms with Gasteiger partial charge in [-0.05, 0) is 48.9 Å². The van der Waals surface area contributed by atoms with Crippen molar-refractivity contribution in [2.45, 2.75) is 19.8 Å². The normalized spacial score (nSPS) is 15.5. The number of aryl methyl sites for hydroxylation is 1. The highest BCUT2D eigenvalue weighted by Crippen LogP contribution is 2.45. The Morgan fingerprint density at radius 1 is 1.41 bits per heavy atom. The van der Waals surface area contributed by atoms with E-state index in [1.54, 1.807) is 7.11 Å². The zero-order valence-corrected chi connectivity index (χ0v) is 13.3. The first kappa shape index (κ1) is 14.8. The number of fused-ring (bicyclic) bond motifs is 1. The Hall–Kier alpha value is -2.08. The van der Waals surface area contributed by atoms with Crippen LogP contribution in [-0.2, 0) is 4.79 Å². The Morgan fingerprint density at radius 2 is 2.14 bits per heavy atom. The number of amides is 1. The van der Waals surface area contributed by atoms with Crippen molar-refractivity contribution in [2.24, 2.45) is 5.41 Å². The molecule has 5 nitrogen and oxygen atoms in total. The lowest BCUT2D eigenvalue weighted by molar-refractivity contribution is -0.143. The summed E-state index contributed by atoms with van der Waals surface area (Å²) < 4.78 is 6.23. The molecule has 1 fully saturated rings. The quantitative estimate of drug-likeness (QED) is 0.888. The number of thiophene rings is 1. The summed E-state index contributed by atoms with van der Waals surface area (Å²) in [5, 5.41) is 12.9. The molecule has 0 spiro atoms. The first-order valence-electron chi connectivity index (χ1n) is 7.05. The third-order valence-electron chi connectivity index (χ3n) is 4.24. The molecule has 0 bridgehead atoms. The molecule has 1 amide bonds. The van der Waals surface area contributed by atoms with Crippen LogP contribution in [0.5, 0.6) is 5.75 Å². The Morgan fingerprint density at radius 3 is 2.73 bits per heavy atom. The molecule has 1 aromatic carbocycles. The number of carboxylic acids is 1. The van der Waals surface area contributed by atoms with Crippen molar-refractivity contribution in [2.75, 3.05) is 13.7 Å². The first-order valence-corrected chi connectivity index (χ1v) is 7.87. The number of aliphatic carboxylic acids is 1. The second-order valence-corrected chi connectivity index (χ2v) is 6.74. The minimum absolute atomic E-state index is 0.193. The second kappa shape index (κ2) is 5.28. The molecule has 0 radical (unpaired) electrons. The lowest BCUT2D eigenvalue weighted by Crippen LogP contribution is -2.34. The van der Waals surface area contributed by atoms with E-state index in [2.05, 4.69) is 5.32 Å². The van der Waals surface area contributed by atoms with Crippen LogP contribution in [0.25, 0.3) is 10.1 Å². The molecule has 2 N–H and O–H groups in total. The number of carbonyl (C=O) groups excluding carboxylic acids is 1. The fourth-order valence-corrected chi connectivity index (χ4v) is 3.60. The van der Waals surface area contributed by atoms with E-state index >= 15 is 0 Å². The average molecular weight is 319 g/mol. The highest BCUT2D eigenvalue weighted by atomic mass is 32.1. The second-order valence-electron chi connectivity index (χ2n) is 5.69. The third kappa shape index (κ3) is 2.43. The van der Waals surface area contributed by atoms with E-state index in [4.69, 9.17) is 9.84 Å². The molecule has 1 saturated carbocycles. The number of ether oxygens (including phenoxy) is 1. The number of carboxylic acid groups (broad SMARTS) is 1. The smallest absolute Gasteiger partial charge is 0.311 e. The zero-order valence-electron chi connectivity index (χ0n) is 12.4. The van der Waals surface area contributed by atoms with Crippen LogP contribution in [0.15, 0.2) is 18.2 Å². The van der Waals surface area contributed by atoms with Crippen LogP contribution in [0.4, 0.5) is 0 Å². The van der Waals surface area contributed by atoms with Gasteiger partial charge in [0.2, 0.25) is 0 Å². The number of methoxy groups -OCH3 is 1. The van der Waals surface area contributed by atoms with E-state index < -0.39 is 11.4 Å². The minimum Gasteiger partial charge on any atom is -0.497 e. The van der Waals surface area contributed by atoms with Crippen molar-refractivity contribution in [3.05, 3.63) is 28.6 Å². The molecule has 1 aliphatic rings. The molecular formula is C16H17NO4S. The van der Waals surface area contributed by atoms with Crippen molar-refractivity contribution < 1.29 is 19.4 Å². The molecule has 3 rings (SSSR count). The van der Waals surface area contributed by atoms with Gasteiger partial charge in [0.25, 0.3) is 5.91 Å². The molecule has 1 aromatic heterocycles. The molecule has 116 valence electrons. The number of nitrogens with one attached hydrogen (secondary N) is 1. The molecule has 1 heterocycles. The highest BCUT2D eigenvalue weighted by molar-refractivity contribution is 7.21. The molecular weight excluding hydrogens is 302 g/mol. The third-order valence-corrected chi connectivity index (χ3v) is 5.52. The van der Waals surface area contributed by atoms with Gasteiger partial charge < -0.3 is 15.2 Å². The van der Waals surface area contributed by atoms with Gasteiger partial charge in [0, 0.05) is 11.2 Å². The molecule has 0 atom stereocenters. The Kier molecular flexibility index (Phi) is 3.56. The molecule has 0 saturated heterocycles. The van der Waals surface area contributed by atoms with E-state index in [1.807, 2.05) is 25.1 Å². The van der Waals surface area contributed by atoms with E-state index in [0.29, 0.717) is 17.7 Å². The van der Waals surface area contributed by atoms with Gasteiger partial charge in [-0.2, -0.15) is 0 Å². The van der Waals surface area contributed by atoms with Gasteiger partial charge >= 0.3 is 5.97 Å². The summed E-state index contributed by atoms with van der Waals surface area (Å²) in [6.07, 6.45) is 1.26. The lowest BCUT2D eigenvalue weighted by atomic mass is 10.1. The molecule has 1 aliphatic carbocycles. The highest BCUT2D eigenvalue weighted by Gasteiger charge is 2.50. The van der Waals surface area contributed by atoms with Crippen molar-refractivity contribution >= 4 is 33.3 Å². The van der Waals surface area contributed by atoms with Crippen LogP contribution in [0.3, 0.4) is 0 Å². The summed E-state index contributed by atoms with van der Waals surface area (Å²) in [6.45, 7) is 2.09. The van der Waals surface area contributed by atoms with Crippen molar-refractivity contribution in [3.63, 3.8) is 0 Å². The van der Waals surface area contributed by atoms with Crippen LogP contribution in [0.1, 0.15) is 28.1 Å². The summed E-state index contributed by atoms with van der Waals surface area (Å²) in [5.41, 5.74) is 0.153. The molecule has 6 heteroatoms. The van der Waals surface area contributed by atoms with Crippen molar-refractivity contribution in [1.29, 1.82) is 0 Å². The van der Waals surface area contributed by atoms with Gasteiger partial charge in [-0.25, -0.2) is 0 Å².